The molecule has 0 bridgehead atoms. The van der Waals surface area contributed by atoms with Crippen molar-refractivity contribution >= 4 is 43.6 Å². The monoisotopic (exact) mass is 470 g/mol. The maximum Gasteiger partial charge on any atom is 0.153 e. The van der Waals surface area contributed by atoms with Gasteiger partial charge in [-0.25, -0.2) is 4.39 Å². The van der Waals surface area contributed by atoms with Crippen LogP contribution in [0.3, 0.4) is 0 Å². The first kappa shape index (κ1) is 19.6. The first-order valence-electron chi connectivity index (χ1n) is 8.80. The lowest BCUT2D eigenvalue weighted by atomic mass is 10.0. The Kier molecular flexibility index (Phi) is 5.39. The fourth-order valence-electron chi connectivity index (χ4n) is 3.14. The number of carbonyl (C=O) groups is 1. The Balaban J connectivity index is 1.96. The summed E-state index contributed by atoms with van der Waals surface area (Å²) in [6.07, 6.45) is 0.674. The molecule has 0 amide bonds. The molecule has 0 aliphatic carbocycles. The second-order valence-electron chi connectivity index (χ2n) is 6.46. The number of fused-ring (bicyclic) bond motifs is 1. The van der Waals surface area contributed by atoms with Gasteiger partial charge in [-0.3, -0.25) is 4.79 Å². The number of benzene rings is 3. The minimum atomic E-state index is -0.461. The molecule has 0 aliphatic rings. The average molecular weight is 471 g/mol. The first-order chi connectivity index (χ1) is 14.0. The van der Waals surface area contributed by atoms with Gasteiger partial charge in [-0.05, 0) is 67.1 Å². The molecule has 3 nitrogen and oxygen atoms in total. The van der Waals surface area contributed by atoms with E-state index in [2.05, 4.69) is 15.9 Å². The van der Waals surface area contributed by atoms with Crippen LogP contribution in [0.5, 0.6) is 17.2 Å². The van der Waals surface area contributed by atoms with Crippen LogP contribution in [0.4, 0.5) is 4.39 Å². The van der Waals surface area contributed by atoms with Crippen LogP contribution in [-0.4, -0.2) is 13.4 Å². The van der Waals surface area contributed by atoms with Crippen LogP contribution in [-0.2, 0) is 0 Å². The molecule has 0 unspecified atom stereocenters. The van der Waals surface area contributed by atoms with Crippen LogP contribution in [0.2, 0.25) is 0 Å². The van der Waals surface area contributed by atoms with E-state index in [0.29, 0.717) is 34.5 Å². The predicted molar refractivity (Wildman–Crippen MR) is 118 cm³/mol. The smallest absolute Gasteiger partial charge is 0.153 e. The van der Waals surface area contributed by atoms with Gasteiger partial charge < -0.3 is 9.47 Å². The van der Waals surface area contributed by atoms with Gasteiger partial charge in [0, 0.05) is 25.7 Å². The normalized spacial score (nSPS) is 10.9. The fraction of sp³-hybridized carbons (Fsp3) is 0.0870. The van der Waals surface area contributed by atoms with Gasteiger partial charge in [-0.15, -0.1) is 11.3 Å². The molecular weight excluding hydrogens is 455 g/mol. The van der Waals surface area contributed by atoms with Gasteiger partial charge in [0.1, 0.15) is 23.6 Å². The summed E-state index contributed by atoms with van der Waals surface area (Å²) in [6, 6.07) is 15.9. The molecule has 6 heteroatoms. The first-order valence-corrected chi connectivity index (χ1v) is 10.4. The largest absolute Gasteiger partial charge is 0.497 e. The van der Waals surface area contributed by atoms with E-state index in [4.69, 9.17) is 9.47 Å². The van der Waals surface area contributed by atoms with E-state index in [9.17, 15) is 9.18 Å². The van der Waals surface area contributed by atoms with Gasteiger partial charge in [0.25, 0.3) is 0 Å². The van der Waals surface area contributed by atoms with E-state index in [0.717, 1.165) is 25.2 Å². The maximum absolute atomic E-state index is 14.2. The Bertz CT molecular complexity index is 1220. The van der Waals surface area contributed by atoms with Crippen LogP contribution in [0.15, 0.2) is 59.1 Å². The van der Waals surface area contributed by atoms with Crippen molar-refractivity contribution in [2.75, 3.05) is 7.11 Å². The number of hydrogen-bond donors (Lipinski definition) is 0. The zero-order valence-corrected chi connectivity index (χ0v) is 18.1. The highest BCUT2D eigenvalue weighted by atomic mass is 79.9. The minimum Gasteiger partial charge on any atom is -0.497 e. The molecule has 0 N–H and O–H groups in total. The van der Waals surface area contributed by atoms with Crippen molar-refractivity contribution in [1.29, 1.82) is 0 Å². The van der Waals surface area contributed by atoms with E-state index >= 15 is 0 Å². The molecule has 0 atom stereocenters. The maximum atomic E-state index is 14.2. The van der Waals surface area contributed by atoms with Gasteiger partial charge in [0.15, 0.2) is 5.75 Å². The summed E-state index contributed by atoms with van der Waals surface area (Å²) in [5, 5.41) is 0.894. The zero-order valence-electron chi connectivity index (χ0n) is 15.7. The van der Waals surface area contributed by atoms with Crippen molar-refractivity contribution in [1.82, 2.24) is 0 Å². The van der Waals surface area contributed by atoms with E-state index < -0.39 is 5.82 Å². The molecular formula is C23H16BrFO3S. The lowest BCUT2D eigenvalue weighted by Crippen LogP contribution is -1.93. The summed E-state index contributed by atoms with van der Waals surface area (Å²) in [6.45, 7) is 1.81. The van der Waals surface area contributed by atoms with Gasteiger partial charge in [0.05, 0.1) is 12.0 Å². The topological polar surface area (TPSA) is 35.5 Å². The number of aldehydes is 1. The molecule has 3 aromatic carbocycles. The highest BCUT2D eigenvalue weighted by Gasteiger charge is 2.20. The Morgan fingerprint density at radius 2 is 1.76 bits per heavy atom. The van der Waals surface area contributed by atoms with Crippen LogP contribution in [0, 0.1) is 12.7 Å². The molecule has 0 saturated heterocycles. The number of thiophene rings is 1. The van der Waals surface area contributed by atoms with E-state index in [1.165, 1.54) is 23.5 Å². The van der Waals surface area contributed by atoms with Gasteiger partial charge >= 0.3 is 0 Å². The summed E-state index contributed by atoms with van der Waals surface area (Å²) < 4.78 is 27.7. The lowest BCUT2D eigenvalue weighted by Gasteiger charge is -2.11. The third-order valence-corrected chi connectivity index (χ3v) is 6.37. The van der Waals surface area contributed by atoms with Gasteiger partial charge in [-0.1, -0.05) is 15.9 Å². The van der Waals surface area contributed by atoms with Crippen LogP contribution >= 0.6 is 27.3 Å². The van der Waals surface area contributed by atoms with Crippen molar-refractivity contribution in [3.8, 4) is 27.7 Å². The molecule has 0 aliphatic heterocycles. The second kappa shape index (κ2) is 7.97. The number of carbonyl (C=O) groups excluding carboxylic acids is 1. The Labute approximate surface area is 179 Å². The molecule has 0 radical (unpaired) electrons. The molecule has 29 heavy (non-hydrogen) atoms. The number of hydrogen-bond acceptors (Lipinski definition) is 4. The third kappa shape index (κ3) is 3.78. The Morgan fingerprint density at radius 1 is 1.03 bits per heavy atom. The molecule has 4 aromatic rings. The van der Waals surface area contributed by atoms with Gasteiger partial charge in [0.2, 0.25) is 0 Å². The molecule has 146 valence electrons. The van der Waals surface area contributed by atoms with Crippen LogP contribution in [0.25, 0.3) is 20.5 Å². The number of ether oxygens (including phenoxy) is 2. The molecule has 1 aromatic heterocycles. The van der Waals surface area contributed by atoms with Crippen molar-refractivity contribution in [3.63, 3.8) is 0 Å². The number of rotatable bonds is 5. The Morgan fingerprint density at radius 3 is 2.45 bits per heavy atom. The van der Waals surface area contributed by atoms with E-state index in [-0.39, 0.29) is 0 Å². The quantitative estimate of drug-likeness (QED) is 0.285. The van der Waals surface area contributed by atoms with Crippen molar-refractivity contribution in [3.05, 3.63) is 76.0 Å². The highest BCUT2D eigenvalue weighted by Crippen LogP contribution is 2.48. The summed E-state index contributed by atoms with van der Waals surface area (Å²) in [5.74, 6) is 1.55. The fourth-order valence-corrected chi connectivity index (χ4v) is 4.63. The minimum absolute atomic E-state index is 0.324. The SMILES string of the molecule is COc1ccc2c(Oc3ccc(Br)cc3)c(-c3cc(F)cc(C=O)c3C)sc2c1. The second-order valence-corrected chi connectivity index (χ2v) is 8.43. The summed E-state index contributed by atoms with van der Waals surface area (Å²) >= 11 is 4.90. The summed E-state index contributed by atoms with van der Waals surface area (Å²) in [5.41, 5.74) is 1.67. The van der Waals surface area contributed by atoms with Crippen LogP contribution in [0.1, 0.15) is 15.9 Å². The molecule has 0 saturated carbocycles. The van der Waals surface area contributed by atoms with Gasteiger partial charge in [-0.2, -0.15) is 0 Å². The number of methoxy groups -OCH3 is 1. The molecule has 1 heterocycles. The van der Waals surface area contributed by atoms with E-state index in [1.807, 2.05) is 49.4 Å². The number of halogens is 2. The van der Waals surface area contributed by atoms with Crippen molar-refractivity contribution in [2.24, 2.45) is 0 Å². The average Bonchev–Trinajstić information content (AvgIpc) is 3.08. The zero-order chi connectivity index (χ0) is 20.5. The molecule has 0 spiro atoms. The molecule has 4 rings (SSSR count). The summed E-state index contributed by atoms with van der Waals surface area (Å²) in [4.78, 5) is 12.2. The Hall–Kier alpha value is -2.70. The van der Waals surface area contributed by atoms with Crippen molar-refractivity contribution in [2.45, 2.75) is 6.92 Å². The van der Waals surface area contributed by atoms with E-state index in [1.54, 1.807) is 7.11 Å². The highest BCUT2D eigenvalue weighted by molar-refractivity contribution is 9.10. The summed E-state index contributed by atoms with van der Waals surface area (Å²) in [7, 11) is 1.61. The third-order valence-electron chi connectivity index (χ3n) is 4.67. The lowest BCUT2D eigenvalue weighted by molar-refractivity contribution is 0.112. The predicted octanol–water partition coefficient (Wildman–Crippen LogP) is 7.39. The van der Waals surface area contributed by atoms with Crippen molar-refractivity contribution < 1.29 is 18.7 Å². The van der Waals surface area contributed by atoms with Crippen LogP contribution < -0.4 is 9.47 Å². The standard InChI is InChI=1S/C23H16BrFO3S/c1-13-14(12-26)9-16(25)10-20(13)23-22(28-17-5-3-15(24)4-6-17)19-8-7-18(27-2)11-21(19)29-23/h3-12H,1-2H3. The molecule has 0 fully saturated rings.